The monoisotopic (exact) mass is 204 g/mol. The molecule has 74 valence electrons. The third kappa shape index (κ3) is 1.93. The van der Waals surface area contributed by atoms with Crippen LogP contribution in [0.15, 0.2) is 6.20 Å². The Labute approximate surface area is 67.6 Å². The number of halogens is 6. The summed E-state index contributed by atoms with van der Waals surface area (Å²) in [5.41, 5.74) is -3.75. The minimum atomic E-state index is -5.09. The summed E-state index contributed by atoms with van der Waals surface area (Å²) in [5.74, 6) is 0. The number of nitrogens with one attached hydrogen (secondary N) is 1. The molecular formula is C5H2F6N2. The summed E-state index contributed by atoms with van der Waals surface area (Å²) in [4.78, 5) is 0. The van der Waals surface area contributed by atoms with Crippen LogP contribution in [0.4, 0.5) is 26.3 Å². The van der Waals surface area contributed by atoms with Crippen LogP contribution in [0.25, 0.3) is 0 Å². The normalized spacial score (nSPS) is 13.4. The van der Waals surface area contributed by atoms with Crippen LogP contribution in [-0.4, -0.2) is 10.2 Å². The first-order valence-corrected chi connectivity index (χ1v) is 2.91. The Morgan fingerprint density at radius 1 is 1.00 bits per heavy atom. The fourth-order valence-corrected chi connectivity index (χ4v) is 0.722. The molecule has 0 fully saturated rings. The van der Waals surface area contributed by atoms with Crippen molar-refractivity contribution in [3.63, 3.8) is 0 Å². The molecule has 13 heavy (non-hydrogen) atoms. The topological polar surface area (TPSA) is 28.7 Å². The number of H-pyrrole nitrogens is 1. The molecule has 0 aliphatic rings. The second-order valence-electron chi connectivity index (χ2n) is 2.14. The van der Waals surface area contributed by atoms with Crippen LogP contribution in [0.2, 0.25) is 0 Å². The number of alkyl halides is 6. The first-order chi connectivity index (χ1) is 5.73. The predicted molar refractivity (Wildman–Crippen MR) is 28.6 cm³/mol. The Morgan fingerprint density at radius 3 is 1.85 bits per heavy atom. The third-order valence-corrected chi connectivity index (χ3v) is 1.21. The van der Waals surface area contributed by atoms with E-state index in [1.54, 1.807) is 0 Å². The van der Waals surface area contributed by atoms with Gasteiger partial charge in [-0.05, 0) is 0 Å². The highest BCUT2D eigenvalue weighted by atomic mass is 19.4. The van der Waals surface area contributed by atoms with Crippen LogP contribution in [-0.2, 0) is 12.4 Å². The molecule has 0 atom stereocenters. The zero-order chi connectivity index (χ0) is 10.3. The predicted octanol–water partition coefficient (Wildman–Crippen LogP) is 2.45. The summed E-state index contributed by atoms with van der Waals surface area (Å²) in [7, 11) is 0. The molecule has 1 rings (SSSR count). The van der Waals surface area contributed by atoms with E-state index < -0.39 is 23.6 Å². The molecule has 0 amide bonds. The van der Waals surface area contributed by atoms with E-state index in [9.17, 15) is 26.3 Å². The summed E-state index contributed by atoms with van der Waals surface area (Å²) in [6.45, 7) is 0. The largest absolute Gasteiger partial charge is 0.435 e. The fourth-order valence-electron chi connectivity index (χ4n) is 0.722. The zero-order valence-corrected chi connectivity index (χ0v) is 5.79. The quantitative estimate of drug-likeness (QED) is 0.646. The summed E-state index contributed by atoms with van der Waals surface area (Å²) in [5, 5.41) is 4.01. The summed E-state index contributed by atoms with van der Waals surface area (Å²) in [6, 6.07) is 0. The SMILES string of the molecule is FC(F)(F)c1c[nH]nc1C(F)(F)F. The van der Waals surface area contributed by atoms with E-state index in [0.29, 0.717) is 0 Å². The molecule has 0 saturated carbocycles. The molecule has 0 bridgehead atoms. The van der Waals surface area contributed by atoms with E-state index in [1.165, 1.54) is 5.10 Å². The molecule has 1 aromatic heterocycles. The van der Waals surface area contributed by atoms with Crippen molar-refractivity contribution in [3.05, 3.63) is 17.5 Å². The van der Waals surface area contributed by atoms with Gasteiger partial charge in [0.2, 0.25) is 0 Å². The van der Waals surface area contributed by atoms with Gasteiger partial charge in [-0.2, -0.15) is 31.4 Å². The fraction of sp³-hybridized carbons (Fsp3) is 0.400. The van der Waals surface area contributed by atoms with Crippen molar-refractivity contribution in [2.75, 3.05) is 0 Å². The van der Waals surface area contributed by atoms with Crippen LogP contribution in [0.1, 0.15) is 11.3 Å². The van der Waals surface area contributed by atoms with Crippen molar-refractivity contribution in [2.24, 2.45) is 0 Å². The van der Waals surface area contributed by atoms with Gasteiger partial charge in [-0.25, -0.2) is 0 Å². The van der Waals surface area contributed by atoms with Gasteiger partial charge >= 0.3 is 12.4 Å². The van der Waals surface area contributed by atoms with E-state index >= 15 is 0 Å². The zero-order valence-electron chi connectivity index (χ0n) is 5.79. The minimum Gasteiger partial charge on any atom is -0.285 e. The van der Waals surface area contributed by atoms with Gasteiger partial charge in [0.05, 0.1) is 0 Å². The van der Waals surface area contributed by atoms with E-state index in [0.717, 1.165) is 0 Å². The van der Waals surface area contributed by atoms with Crippen LogP contribution < -0.4 is 0 Å². The van der Waals surface area contributed by atoms with Gasteiger partial charge < -0.3 is 0 Å². The van der Waals surface area contributed by atoms with Crippen molar-refractivity contribution in [3.8, 4) is 0 Å². The van der Waals surface area contributed by atoms with E-state index in [4.69, 9.17) is 0 Å². The van der Waals surface area contributed by atoms with Gasteiger partial charge in [0.25, 0.3) is 0 Å². The van der Waals surface area contributed by atoms with Crippen molar-refractivity contribution < 1.29 is 26.3 Å². The van der Waals surface area contributed by atoms with Gasteiger partial charge in [-0.15, -0.1) is 0 Å². The molecule has 1 N–H and O–H groups in total. The Bertz CT molecular complexity index is 266. The summed E-state index contributed by atoms with van der Waals surface area (Å²) >= 11 is 0. The number of nitrogens with zero attached hydrogens (tertiary/aromatic N) is 1. The first kappa shape index (κ1) is 9.87. The summed E-state index contributed by atoms with van der Waals surface area (Å²) in [6.07, 6.45) is -9.97. The molecule has 0 spiro atoms. The van der Waals surface area contributed by atoms with Crippen molar-refractivity contribution in [1.82, 2.24) is 10.2 Å². The van der Waals surface area contributed by atoms with Crippen molar-refractivity contribution >= 4 is 0 Å². The second-order valence-corrected chi connectivity index (χ2v) is 2.14. The van der Waals surface area contributed by atoms with Crippen LogP contribution >= 0.6 is 0 Å². The molecule has 0 aliphatic heterocycles. The number of hydrogen-bond donors (Lipinski definition) is 1. The maximum absolute atomic E-state index is 11.9. The average Bonchev–Trinajstić information content (AvgIpc) is 2.27. The highest BCUT2D eigenvalue weighted by Crippen LogP contribution is 2.38. The lowest BCUT2D eigenvalue weighted by Gasteiger charge is -2.08. The molecule has 0 aliphatic carbocycles. The molecule has 0 aromatic carbocycles. The molecular weight excluding hydrogens is 202 g/mol. The molecule has 1 aromatic rings. The maximum Gasteiger partial charge on any atom is 0.435 e. The highest BCUT2D eigenvalue weighted by Gasteiger charge is 2.45. The van der Waals surface area contributed by atoms with Gasteiger partial charge in [0.15, 0.2) is 5.69 Å². The lowest BCUT2D eigenvalue weighted by atomic mass is 10.2. The maximum atomic E-state index is 11.9. The Kier molecular flexibility index (Phi) is 2.01. The molecule has 0 unspecified atom stereocenters. The van der Waals surface area contributed by atoms with Crippen molar-refractivity contribution in [2.45, 2.75) is 12.4 Å². The van der Waals surface area contributed by atoms with Crippen LogP contribution in [0, 0.1) is 0 Å². The number of hydrogen-bond acceptors (Lipinski definition) is 1. The Balaban J connectivity index is 3.19. The van der Waals surface area contributed by atoms with Crippen LogP contribution in [0.5, 0.6) is 0 Å². The number of aromatic nitrogens is 2. The lowest BCUT2D eigenvalue weighted by molar-refractivity contribution is -0.163. The van der Waals surface area contributed by atoms with Gasteiger partial charge in [0, 0.05) is 6.20 Å². The highest BCUT2D eigenvalue weighted by molar-refractivity contribution is 5.22. The Morgan fingerprint density at radius 2 is 1.54 bits per heavy atom. The van der Waals surface area contributed by atoms with Gasteiger partial charge in [-0.3, -0.25) is 5.10 Å². The molecule has 8 heteroatoms. The lowest BCUT2D eigenvalue weighted by Crippen LogP contribution is -2.15. The second kappa shape index (κ2) is 2.64. The Hall–Kier alpha value is -1.21. The van der Waals surface area contributed by atoms with E-state index in [2.05, 4.69) is 5.10 Å². The third-order valence-electron chi connectivity index (χ3n) is 1.21. The minimum absolute atomic E-state index is 0.169. The number of aromatic amines is 1. The summed E-state index contributed by atoms with van der Waals surface area (Å²) < 4.78 is 71.0. The number of rotatable bonds is 0. The smallest absolute Gasteiger partial charge is 0.285 e. The van der Waals surface area contributed by atoms with Gasteiger partial charge in [-0.1, -0.05) is 0 Å². The van der Waals surface area contributed by atoms with E-state index in [-0.39, 0.29) is 6.20 Å². The van der Waals surface area contributed by atoms with Gasteiger partial charge in [0.1, 0.15) is 5.56 Å². The first-order valence-electron chi connectivity index (χ1n) is 2.91. The molecule has 1 heterocycles. The van der Waals surface area contributed by atoms with E-state index in [1.807, 2.05) is 0 Å². The molecule has 0 saturated heterocycles. The average molecular weight is 204 g/mol. The molecule has 2 nitrogen and oxygen atoms in total. The molecule has 0 radical (unpaired) electrons. The van der Waals surface area contributed by atoms with Crippen molar-refractivity contribution in [1.29, 1.82) is 0 Å². The standard InChI is InChI=1S/C5H2F6N2/c6-4(7,8)2-1-12-13-3(2)5(9,10)11/h1H,(H,12,13). The van der Waals surface area contributed by atoms with Crippen LogP contribution in [0.3, 0.4) is 0 Å².